The van der Waals surface area contributed by atoms with Gasteiger partial charge in [-0.1, -0.05) is 32.0 Å². The first-order valence-corrected chi connectivity index (χ1v) is 8.52. The average molecular weight is 303 g/mol. The van der Waals surface area contributed by atoms with Gasteiger partial charge >= 0.3 is 0 Å². The Balaban J connectivity index is 1.79. The molecule has 1 aliphatic rings. The van der Waals surface area contributed by atoms with Crippen LogP contribution < -0.4 is 10.2 Å². The fraction of sp³-hybridized carbons (Fsp3) is 0.611. The number of amides is 1. The van der Waals surface area contributed by atoms with Crippen LogP contribution in [0.3, 0.4) is 0 Å². The highest BCUT2D eigenvalue weighted by Crippen LogP contribution is 2.27. The third-order valence-corrected chi connectivity index (χ3v) is 4.52. The van der Waals surface area contributed by atoms with Gasteiger partial charge in [0.1, 0.15) is 0 Å². The number of benzene rings is 1. The summed E-state index contributed by atoms with van der Waals surface area (Å²) < 4.78 is 0. The molecule has 0 fully saturated rings. The van der Waals surface area contributed by atoms with Crippen LogP contribution in [-0.4, -0.2) is 49.6 Å². The Morgan fingerprint density at radius 1 is 1.32 bits per heavy atom. The standard InChI is InChI=1S/C18H29N3O/c1-4-20(5-2)13-8-12-19-15(3)18(22)21-14-11-16-9-6-7-10-17(16)21/h6-7,9-10,15,19H,4-5,8,11-14H2,1-3H3. The molecule has 1 N–H and O–H groups in total. The maximum absolute atomic E-state index is 12.6. The molecule has 0 saturated heterocycles. The van der Waals surface area contributed by atoms with Crippen LogP contribution in [0.15, 0.2) is 24.3 Å². The summed E-state index contributed by atoms with van der Waals surface area (Å²) in [5, 5.41) is 3.38. The van der Waals surface area contributed by atoms with E-state index in [1.807, 2.05) is 30.0 Å². The molecule has 1 aromatic rings. The molecule has 0 aromatic heterocycles. The van der Waals surface area contributed by atoms with Gasteiger partial charge in [-0.2, -0.15) is 0 Å². The highest BCUT2D eigenvalue weighted by atomic mass is 16.2. The summed E-state index contributed by atoms with van der Waals surface area (Å²) in [5.74, 6) is 0.188. The lowest BCUT2D eigenvalue weighted by Crippen LogP contribution is -2.45. The molecule has 4 heteroatoms. The molecule has 22 heavy (non-hydrogen) atoms. The number of para-hydroxylation sites is 1. The number of nitrogens with one attached hydrogen (secondary N) is 1. The van der Waals surface area contributed by atoms with Gasteiger partial charge in [0.25, 0.3) is 0 Å². The Morgan fingerprint density at radius 3 is 2.77 bits per heavy atom. The van der Waals surface area contributed by atoms with E-state index >= 15 is 0 Å². The van der Waals surface area contributed by atoms with Gasteiger partial charge in [-0.05, 0) is 57.6 Å². The first-order chi connectivity index (χ1) is 10.7. The Morgan fingerprint density at radius 2 is 2.05 bits per heavy atom. The SMILES string of the molecule is CCN(CC)CCCNC(C)C(=O)N1CCc2ccccc21. The molecule has 0 saturated carbocycles. The zero-order chi connectivity index (χ0) is 15.9. The van der Waals surface area contributed by atoms with Crippen LogP contribution in [0.25, 0.3) is 0 Å². The molecule has 0 spiro atoms. The van der Waals surface area contributed by atoms with Crippen LogP contribution in [0.5, 0.6) is 0 Å². The second-order valence-electron chi connectivity index (χ2n) is 5.92. The Bertz CT molecular complexity index is 485. The molecule has 2 rings (SSSR count). The number of carbonyl (C=O) groups is 1. The molecular formula is C18H29N3O. The van der Waals surface area contributed by atoms with E-state index in [2.05, 4.69) is 30.1 Å². The summed E-state index contributed by atoms with van der Waals surface area (Å²) in [6.07, 6.45) is 2.05. The smallest absolute Gasteiger partial charge is 0.243 e. The molecule has 122 valence electrons. The zero-order valence-electron chi connectivity index (χ0n) is 14.1. The van der Waals surface area contributed by atoms with Gasteiger partial charge in [0.05, 0.1) is 6.04 Å². The first-order valence-electron chi connectivity index (χ1n) is 8.52. The number of anilines is 1. The fourth-order valence-corrected chi connectivity index (χ4v) is 3.05. The lowest BCUT2D eigenvalue weighted by molar-refractivity contribution is -0.120. The lowest BCUT2D eigenvalue weighted by atomic mass is 10.2. The summed E-state index contributed by atoms with van der Waals surface area (Å²) in [6, 6.07) is 8.09. The largest absolute Gasteiger partial charge is 0.310 e. The van der Waals surface area contributed by atoms with E-state index in [0.717, 1.165) is 51.3 Å². The summed E-state index contributed by atoms with van der Waals surface area (Å²) >= 11 is 0. The normalized spacial score (nSPS) is 15.2. The topological polar surface area (TPSA) is 35.6 Å². The number of carbonyl (C=O) groups excluding carboxylic acids is 1. The second kappa shape index (κ2) is 8.30. The summed E-state index contributed by atoms with van der Waals surface area (Å²) in [5.41, 5.74) is 2.37. The molecule has 1 aliphatic heterocycles. The van der Waals surface area contributed by atoms with E-state index in [-0.39, 0.29) is 11.9 Å². The molecule has 0 aliphatic carbocycles. The third-order valence-electron chi connectivity index (χ3n) is 4.52. The van der Waals surface area contributed by atoms with Crippen LogP contribution >= 0.6 is 0 Å². The van der Waals surface area contributed by atoms with Crippen molar-refractivity contribution in [1.82, 2.24) is 10.2 Å². The highest BCUT2D eigenvalue weighted by Gasteiger charge is 2.27. The lowest BCUT2D eigenvalue weighted by Gasteiger charge is -2.23. The average Bonchev–Trinajstić information content (AvgIpc) is 2.98. The van der Waals surface area contributed by atoms with Crippen molar-refractivity contribution in [2.45, 2.75) is 39.7 Å². The molecule has 0 bridgehead atoms. The van der Waals surface area contributed by atoms with Crippen molar-refractivity contribution in [1.29, 1.82) is 0 Å². The molecule has 1 heterocycles. The van der Waals surface area contributed by atoms with Gasteiger partial charge < -0.3 is 15.1 Å². The van der Waals surface area contributed by atoms with Crippen molar-refractivity contribution in [3.63, 3.8) is 0 Å². The van der Waals surface area contributed by atoms with Crippen molar-refractivity contribution in [3.05, 3.63) is 29.8 Å². The molecule has 1 unspecified atom stereocenters. The molecule has 0 radical (unpaired) electrons. The van der Waals surface area contributed by atoms with Crippen LogP contribution in [0, 0.1) is 0 Å². The van der Waals surface area contributed by atoms with Crippen LogP contribution in [0.4, 0.5) is 5.69 Å². The van der Waals surface area contributed by atoms with Crippen molar-refractivity contribution < 1.29 is 4.79 Å². The number of nitrogens with zero attached hydrogens (tertiary/aromatic N) is 2. The maximum atomic E-state index is 12.6. The molecular weight excluding hydrogens is 274 g/mol. The van der Waals surface area contributed by atoms with Gasteiger partial charge in [-0.3, -0.25) is 4.79 Å². The Hall–Kier alpha value is -1.39. The van der Waals surface area contributed by atoms with Crippen LogP contribution in [0.1, 0.15) is 32.8 Å². The maximum Gasteiger partial charge on any atom is 0.243 e. The Labute approximate surface area is 134 Å². The first kappa shape index (κ1) is 17.0. The minimum Gasteiger partial charge on any atom is -0.310 e. The number of hydrogen-bond donors (Lipinski definition) is 1. The molecule has 1 atom stereocenters. The predicted molar refractivity (Wildman–Crippen MR) is 92.4 cm³/mol. The van der Waals surface area contributed by atoms with Crippen LogP contribution in [0.2, 0.25) is 0 Å². The van der Waals surface area contributed by atoms with Crippen molar-refractivity contribution in [2.24, 2.45) is 0 Å². The van der Waals surface area contributed by atoms with Gasteiger partial charge in [-0.15, -0.1) is 0 Å². The highest BCUT2D eigenvalue weighted by molar-refractivity contribution is 5.98. The molecule has 4 nitrogen and oxygen atoms in total. The fourth-order valence-electron chi connectivity index (χ4n) is 3.05. The predicted octanol–water partition coefficient (Wildman–Crippen LogP) is 2.29. The van der Waals surface area contributed by atoms with E-state index in [9.17, 15) is 4.79 Å². The van der Waals surface area contributed by atoms with E-state index in [4.69, 9.17) is 0 Å². The Kier molecular flexibility index (Phi) is 6.40. The van der Waals surface area contributed by atoms with E-state index in [0.29, 0.717) is 0 Å². The molecule has 1 amide bonds. The number of hydrogen-bond acceptors (Lipinski definition) is 3. The van der Waals surface area contributed by atoms with Gasteiger partial charge in [0.2, 0.25) is 5.91 Å². The monoisotopic (exact) mass is 303 g/mol. The summed E-state index contributed by atoms with van der Waals surface area (Å²) in [6.45, 7) is 11.3. The second-order valence-corrected chi connectivity index (χ2v) is 5.92. The minimum absolute atomic E-state index is 0.122. The summed E-state index contributed by atoms with van der Waals surface area (Å²) in [7, 11) is 0. The third kappa shape index (κ3) is 4.08. The van der Waals surface area contributed by atoms with Crippen molar-refractivity contribution >= 4 is 11.6 Å². The van der Waals surface area contributed by atoms with Gasteiger partial charge in [0, 0.05) is 12.2 Å². The summed E-state index contributed by atoms with van der Waals surface area (Å²) in [4.78, 5) is 16.9. The van der Waals surface area contributed by atoms with Gasteiger partial charge in [0.15, 0.2) is 0 Å². The van der Waals surface area contributed by atoms with E-state index < -0.39 is 0 Å². The van der Waals surface area contributed by atoms with Crippen molar-refractivity contribution in [3.8, 4) is 0 Å². The van der Waals surface area contributed by atoms with E-state index in [1.165, 1.54) is 5.56 Å². The quantitative estimate of drug-likeness (QED) is 0.749. The van der Waals surface area contributed by atoms with Crippen molar-refractivity contribution in [2.75, 3.05) is 37.6 Å². The minimum atomic E-state index is -0.122. The zero-order valence-corrected chi connectivity index (χ0v) is 14.1. The number of rotatable bonds is 8. The van der Waals surface area contributed by atoms with Crippen LogP contribution in [-0.2, 0) is 11.2 Å². The number of fused-ring (bicyclic) bond motifs is 1. The molecule has 1 aromatic carbocycles. The van der Waals surface area contributed by atoms with E-state index in [1.54, 1.807) is 0 Å². The van der Waals surface area contributed by atoms with Gasteiger partial charge in [-0.25, -0.2) is 0 Å².